The molecule has 1 aromatic heterocycles. The number of benzene rings is 1. The van der Waals surface area contributed by atoms with E-state index in [1.54, 1.807) is 6.26 Å². The van der Waals surface area contributed by atoms with Crippen LogP contribution >= 0.6 is 0 Å². The fourth-order valence-electron chi connectivity index (χ4n) is 2.33. The van der Waals surface area contributed by atoms with Crippen molar-refractivity contribution >= 4 is 0 Å². The van der Waals surface area contributed by atoms with E-state index in [0.717, 1.165) is 25.1 Å². The Balaban J connectivity index is 2.01. The van der Waals surface area contributed by atoms with Crippen molar-refractivity contribution in [1.82, 2.24) is 5.32 Å². The summed E-state index contributed by atoms with van der Waals surface area (Å²) in [6, 6.07) is 13.1. The molecule has 1 unspecified atom stereocenters. The zero-order chi connectivity index (χ0) is 12.8. The van der Waals surface area contributed by atoms with Gasteiger partial charge < -0.3 is 9.73 Å². The molecule has 0 saturated carbocycles. The van der Waals surface area contributed by atoms with Crippen molar-refractivity contribution in [2.75, 3.05) is 6.54 Å². The van der Waals surface area contributed by atoms with E-state index >= 15 is 0 Å². The first-order valence-electron chi connectivity index (χ1n) is 6.62. The topological polar surface area (TPSA) is 25.2 Å². The largest absolute Gasteiger partial charge is 0.469 e. The summed E-state index contributed by atoms with van der Waals surface area (Å²) in [7, 11) is 0. The molecule has 1 aromatic carbocycles. The van der Waals surface area contributed by atoms with Crippen LogP contribution in [-0.2, 0) is 6.42 Å². The van der Waals surface area contributed by atoms with Gasteiger partial charge in [0, 0.05) is 11.6 Å². The Labute approximate surface area is 109 Å². The fraction of sp³-hybridized carbons (Fsp3) is 0.375. The van der Waals surface area contributed by atoms with Gasteiger partial charge in [0.1, 0.15) is 5.76 Å². The molecule has 1 heterocycles. The van der Waals surface area contributed by atoms with Crippen LogP contribution in [0, 0.1) is 6.92 Å². The fourth-order valence-corrected chi connectivity index (χ4v) is 2.33. The summed E-state index contributed by atoms with van der Waals surface area (Å²) in [5, 5.41) is 3.54. The van der Waals surface area contributed by atoms with Crippen LogP contribution in [0.5, 0.6) is 0 Å². The van der Waals surface area contributed by atoms with Crippen LogP contribution in [0.2, 0.25) is 0 Å². The van der Waals surface area contributed by atoms with Gasteiger partial charge in [-0.25, -0.2) is 0 Å². The third-order valence-electron chi connectivity index (χ3n) is 3.29. The molecule has 2 nitrogen and oxygen atoms in total. The monoisotopic (exact) mass is 243 g/mol. The van der Waals surface area contributed by atoms with Gasteiger partial charge in [0.15, 0.2) is 0 Å². The Morgan fingerprint density at radius 2 is 1.94 bits per heavy atom. The molecule has 1 N–H and O–H groups in total. The van der Waals surface area contributed by atoms with Crippen molar-refractivity contribution in [3.63, 3.8) is 0 Å². The lowest BCUT2D eigenvalue weighted by Gasteiger charge is -2.17. The highest BCUT2D eigenvalue weighted by molar-refractivity contribution is 5.21. The summed E-state index contributed by atoms with van der Waals surface area (Å²) in [6.07, 6.45) is 3.96. The van der Waals surface area contributed by atoms with Crippen LogP contribution in [-0.4, -0.2) is 6.54 Å². The van der Waals surface area contributed by atoms with Gasteiger partial charge in [-0.1, -0.05) is 37.3 Å². The van der Waals surface area contributed by atoms with Crippen LogP contribution in [0.3, 0.4) is 0 Å². The minimum Gasteiger partial charge on any atom is -0.469 e. The average molecular weight is 243 g/mol. The summed E-state index contributed by atoms with van der Waals surface area (Å²) in [6.45, 7) is 5.15. The van der Waals surface area contributed by atoms with Gasteiger partial charge in [-0.05, 0) is 37.9 Å². The molecule has 2 aromatic rings. The van der Waals surface area contributed by atoms with Gasteiger partial charge in [0.05, 0.1) is 6.26 Å². The molecule has 0 aliphatic carbocycles. The Kier molecular flexibility index (Phi) is 4.59. The molecule has 0 aliphatic heterocycles. The SMILES string of the molecule is CCNC(CCc1ccccc1)c1ccoc1C. The molecule has 18 heavy (non-hydrogen) atoms. The normalized spacial score (nSPS) is 12.6. The molecular weight excluding hydrogens is 222 g/mol. The van der Waals surface area contributed by atoms with Crippen LogP contribution in [0.25, 0.3) is 0 Å². The molecule has 2 heteroatoms. The van der Waals surface area contributed by atoms with Crippen LogP contribution < -0.4 is 5.32 Å². The molecule has 96 valence electrons. The smallest absolute Gasteiger partial charge is 0.105 e. The standard InChI is InChI=1S/C16H21NO/c1-3-17-16(15-11-12-18-13(15)2)10-9-14-7-5-4-6-8-14/h4-8,11-12,16-17H,3,9-10H2,1-2H3. The van der Waals surface area contributed by atoms with Crippen LogP contribution in [0.1, 0.15) is 36.3 Å². The summed E-state index contributed by atoms with van der Waals surface area (Å²) in [5.74, 6) is 1.02. The Morgan fingerprint density at radius 3 is 2.56 bits per heavy atom. The Hall–Kier alpha value is -1.54. The highest BCUT2D eigenvalue weighted by atomic mass is 16.3. The minimum absolute atomic E-state index is 0.383. The lowest BCUT2D eigenvalue weighted by Crippen LogP contribution is -2.21. The van der Waals surface area contributed by atoms with E-state index in [2.05, 4.69) is 48.6 Å². The van der Waals surface area contributed by atoms with Crippen LogP contribution in [0.4, 0.5) is 0 Å². The van der Waals surface area contributed by atoms with E-state index in [0.29, 0.717) is 6.04 Å². The van der Waals surface area contributed by atoms with E-state index < -0.39 is 0 Å². The molecule has 2 rings (SSSR count). The second kappa shape index (κ2) is 6.41. The lowest BCUT2D eigenvalue weighted by molar-refractivity contribution is 0.485. The van der Waals surface area contributed by atoms with Crippen molar-refractivity contribution in [1.29, 1.82) is 0 Å². The van der Waals surface area contributed by atoms with Gasteiger partial charge in [-0.15, -0.1) is 0 Å². The minimum atomic E-state index is 0.383. The van der Waals surface area contributed by atoms with E-state index in [4.69, 9.17) is 4.42 Å². The number of furan rings is 1. The third kappa shape index (κ3) is 3.23. The van der Waals surface area contributed by atoms with Gasteiger partial charge in [-0.3, -0.25) is 0 Å². The molecule has 1 atom stereocenters. The highest BCUT2D eigenvalue weighted by Crippen LogP contribution is 2.23. The first-order chi connectivity index (χ1) is 8.81. The Morgan fingerprint density at radius 1 is 1.17 bits per heavy atom. The van der Waals surface area contributed by atoms with Crippen molar-refractivity contribution in [3.8, 4) is 0 Å². The third-order valence-corrected chi connectivity index (χ3v) is 3.29. The number of hydrogen-bond donors (Lipinski definition) is 1. The predicted molar refractivity (Wildman–Crippen MR) is 74.6 cm³/mol. The van der Waals surface area contributed by atoms with Crippen molar-refractivity contribution < 1.29 is 4.42 Å². The summed E-state index contributed by atoms with van der Waals surface area (Å²) < 4.78 is 5.40. The maximum atomic E-state index is 5.40. The van der Waals surface area contributed by atoms with E-state index in [1.165, 1.54) is 11.1 Å². The molecule has 0 saturated heterocycles. The zero-order valence-electron chi connectivity index (χ0n) is 11.1. The molecule has 0 amide bonds. The molecule has 0 spiro atoms. The average Bonchev–Trinajstić information content (AvgIpc) is 2.82. The lowest BCUT2D eigenvalue weighted by atomic mass is 9.99. The maximum absolute atomic E-state index is 5.40. The van der Waals surface area contributed by atoms with Gasteiger partial charge in [0.25, 0.3) is 0 Å². The second-order valence-corrected chi connectivity index (χ2v) is 4.57. The molecule has 0 aliphatic rings. The van der Waals surface area contributed by atoms with Gasteiger partial charge >= 0.3 is 0 Å². The summed E-state index contributed by atoms with van der Waals surface area (Å²) in [5.41, 5.74) is 2.68. The molecule has 0 radical (unpaired) electrons. The number of nitrogens with one attached hydrogen (secondary N) is 1. The number of aryl methyl sites for hydroxylation is 2. The first-order valence-corrected chi connectivity index (χ1v) is 6.62. The molecular formula is C16H21NO. The number of rotatable bonds is 6. The number of hydrogen-bond acceptors (Lipinski definition) is 2. The first kappa shape index (κ1) is 12.9. The summed E-state index contributed by atoms with van der Waals surface area (Å²) >= 11 is 0. The van der Waals surface area contributed by atoms with E-state index in [-0.39, 0.29) is 0 Å². The highest BCUT2D eigenvalue weighted by Gasteiger charge is 2.14. The molecule has 0 fully saturated rings. The predicted octanol–water partition coefficient (Wildman–Crippen LogP) is 3.87. The van der Waals surface area contributed by atoms with E-state index in [9.17, 15) is 0 Å². The van der Waals surface area contributed by atoms with Crippen molar-refractivity contribution in [2.45, 2.75) is 32.7 Å². The quantitative estimate of drug-likeness (QED) is 0.833. The Bertz CT molecular complexity index is 461. The second-order valence-electron chi connectivity index (χ2n) is 4.57. The zero-order valence-corrected chi connectivity index (χ0v) is 11.1. The van der Waals surface area contributed by atoms with Gasteiger partial charge in [0.2, 0.25) is 0 Å². The van der Waals surface area contributed by atoms with Crippen molar-refractivity contribution in [2.24, 2.45) is 0 Å². The van der Waals surface area contributed by atoms with Crippen molar-refractivity contribution in [3.05, 3.63) is 59.5 Å². The van der Waals surface area contributed by atoms with Crippen LogP contribution in [0.15, 0.2) is 47.1 Å². The maximum Gasteiger partial charge on any atom is 0.105 e. The summed E-state index contributed by atoms with van der Waals surface area (Å²) in [4.78, 5) is 0. The van der Waals surface area contributed by atoms with Gasteiger partial charge in [-0.2, -0.15) is 0 Å². The van der Waals surface area contributed by atoms with E-state index in [1.807, 2.05) is 6.92 Å². The molecule has 0 bridgehead atoms.